The summed E-state index contributed by atoms with van der Waals surface area (Å²) in [4.78, 5) is 0. The average molecular weight is 415 g/mol. The highest BCUT2D eigenvalue weighted by atomic mass is 16.5. The standard InChI is InChI=1S/C29H50O/c1-7-30-23-15-17-28(5)22(19-23)11-12-24-26-14-13-25(21(4)10-8-9-20(2)3)29(26,6)18-16-27(24)28/h11,20-21,23-27H,7-10,12-19H2,1-6H3/t21-,23+,24-,25+,26-,27-,28+,29-/m1/s1. The lowest BCUT2D eigenvalue weighted by Crippen LogP contribution is -2.51. The van der Waals surface area contributed by atoms with Gasteiger partial charge in [0.25, 0.3) is 0 Å². The number of allylic oxidation sites excluding steroid dienone is 1. The average Bonchev–Trinajstić information content (AvgIpc) is 3.05. The molecule has 172 valence electrons. The van der Waals surface area contributed by atoms with Crippen molar-refractivity contribution in [3.8, 4) is 0 Å². The van der Waals surface area contributed by atoms with Gasteiger partial charge < -0.3 is 4.74 Å². The smallest absolute Gasteiger partial charge is 0.0612 e. The fraction of sp³-hybridized carbons (Fsp3) is 0.931. The summed E-state index contributed by atoms with van der Waals surface area (Å²) < 4.78 is 6.04. The molecule has 0 heterocycles. The summed E-state index contributed by atoms with van der Waals surface area (Å²) in [5.41, 5.74) is 2.86. The summed E-state index contributed by atoms with van der Waals surface area (Å²) in [6, 6.07) is 0. The maximum absolute atomic E-state index is 6.04. The van der Waals surface area contributed by atoms with Crippen LogP contribution in [0.2, 0.25) is 0 Å². The van der Waals surface area contributed by atoms with Crippen molar-refractivity contribution in [3.63, 3.8) is 0 Å². The van der Waals surface area contributed by atoms with Crippen LogP contribution in [0.15, 0.2) is 11.6 Å². The van der Waals surface area contributed by atoms with Crippen molar-refractivity contribution in [2.45, 2.75) is 118 Å². The van der Waals surface area contributed by atoms with Crippen LogP contribution < -0.4 is 0 Å². The molecule has 3 saturated carbocycles. The minimum atomic E-state index is 0.471. The van der Waals surface area contributed by atoms with Gasteiger partial charge in [-0.05, 0) is 105 Å². The molecule has 0 amide bonds. The molecular weight excluding hydrogens is 364 g/mol. The molecule has 1 nitrogen and oxygen atoms in total. The van der Waals surface area contributed by atoms with Crippen LogP contribution in [0, 0.1) is 46.3 Å². The Morgan fingerprint density at radius 1 is 1.00 bits per heavy atom. The van der Waals surface area contributed by atoms with Gasteiger partial charge in [-0.3, -0.25) is 0 Å². The summed E-state index contributed by atoms with van der Waals surface area (Å²) in [7, 11) is 0. The zero-order valence-corrected chi connectivity index (χ0v) is 21.0. The Labute approximate surface area is 187 Å². The second-order valence-electron chi connectivity index (χ2n) is 12.6. The Hall–Kier alpha value is -0.300. The van der Waals surface area contributed by atoms with E-state index in [1.54, 1.807) is 5.57 Å². The van der Waals surface area contributed by atoms with Gasteiger partial charge >= 0.3 is 0 Å². The van der Waals surface area contributed by atoms with E-state index in [1.165, 1.54) is 70.6 Å². The molecule has 4 aliphatic carbocycles. The van der Waals surface area contributed by atoms with Crippen molar-refractivity contribution in [1.29, 1.82) is 0 Å². The van der Waals surface area contributed by atoms with Crippen LogP contribution in [-0.2, 0) is 4.74 Å². The molecule has 8 atom stereocenters. The van der Waals surface area contributed by atoms with Gasteiger partial charge in [0.05, 0.1) is 6.10 Å². The van der Waals surface area contributed by atoms with E-state index >= 15 is 0 Å². The van der Waals surface area contributed by atoms with Gasteiger partial charge in [-0.1, -0.05) is 65.5 Å². The van der Waals surface area contributed by atoms with Crippen LogP contribution in [0.4, 0.5) is 0 Å². The molecule has 0 aliphatic heterocycles. The van der Waals surface area contributed by atoms with Crippen LogP contribution >= 0.6 is 0 Å². The molecule has 0 bridgehead atoms. The molecule has 30 heavy (non-hydrogen) atoms. The quantitative estimate of drug-likeness (QED) is 0.380. The predicted molar refractivity (Wildman–Crippen MR) is 128 cm³/mol. The SMILES string of the molecule is CCO[C@H]1CC[C@@]2(C)C(=CC[C@@H]3[C@H]4CC[C@@H]([C@H](C)CCCC(C)C)[C@@]4(C)CC[C@H]32)C1. The molecule has 0 N–H and O–H groups in total. The summed E-state index contributed by atoms with van der Waals surface area (Å²) >= 11 is 0. The highest BCUT2D eigenvalue weighted by molar-refractivity contribution is 5.25. The van der Waals surface area contributed by atoms with E-state index in [0.29, 0.717) is 16.9 Å². The Balaban J connectivity index is 1.47. The van der Waals surface area contributed by atoms with E-state index in [2.05, 4.69) is 47.6 Å². The van der Waals surface area contributed by atoms with Gasteiger partial charge in [-0.15, -0.1) is 0 Å². The first kappa shape index (κ1) is 22.9. The lowest BCUT2D eigenvalue weighted by Gasteiger charge is -2.58. The molecule has 1 heteroatoms. The van der Waals surface area contributed by atoms with Crippen molar-refractivity contribution >= 4 is 0 Å². The molecule has 4 aliphatic rings. The van der Waals surface area contributed by atoms with Crippen LogP contribution in [-0.4, -0.2) is 12.7 Å². The van der Waals surface area contributed by atoms with Gasteiger partial charge in [0.1, 0.15) is 0 Å². The summed E-state index contributed by atoms with van der Waals surface area (Å²) in [5, 5.41) is 0. The topological polar surface area (TPSA) is 9.23 Å². The number of hydrogen-bond acceptors (Lipinski definition) is 1. The van der Waals surface area contributed by atoms with Gasteiger partial charge in [0, 0.05) is 6.61 Å². The first-order valence-electron chi connectivity index (χ1n) is 13.6. The summed E-state index contributed by atoms with van der Waals surface area (Å²) in [6.45, 7) is 15.7. The lowest BCUT2D eigenvalue weighted by atomic mass is 9.47. The van der Waals surface area contributed by atoms with Gasteiger partial charge in [0.15, 0.2) is 0 Å². The minimum absolute atomic E-state index is 0.471. The maximum atomic E-state index is 6.04. The third-order valence-corrected chi connectivity index (χ3v) is 10.7. The molecule has 3 fully saturated rings. The Bertz CT molecular complexity index is 620. The van der Waals surface area contributed by atoms with Crippen molar-refractivity contribution in [2.75, 3.05) is 6.61 Å². The highest BCUT2D eigenvalue weighted by Crippen LogP contribution is 2.67. The first-order valence-corrected chi connectivity index (χ1v) is 13.6. The van der Waals surface area contributed by atoms with Crippen LogP contribution in [0.5, 0.6) is 0 Å². The van der Waals surface area contributed by atoms with Crippen LogP contribution in [0.3, 0.4) is 0 Å². The molecule has 0 aromatic heterocycles. The van der Waals surface area contributed by atoms with Crippen LogP contribution in [0.1, 0.15) is 112 Å². The second kappa shape index (κ2) is 8.92. The third kappa shape index (κ3) is 3.95. The van der Waals surface area contributed by atoms with Crippen molar-refractivity contribution in [2.24, 2.45) is 46.3 Å². The molecule has 0 radical (unpaired) electrons. The lowest BCUT2D eigenvalue weighted by molar-refractivity contribution is -0.0630. The first-order chi connectivity index (χ1) is 14.3. The number of hydrogen-bond donors (Lipinski definition) is 0. The zero-order valence-electron chi connectivity index (χ0n) is 21.0. The molecule has 4 rings (SSSR count). The Morgan fingerprint density at radius 3 is 2.53 bits per heavy atom. The van der Waals surface area contributed by atoms with E-state index in [9.17, 15) is 0 Å². The monoisotopic (exact) mass is 414 g/mol. The van der Waals surface area contributed by atoms with E-state index < -0.39 is 0 Å². The Morgan fingerprint density at radius 2 is 1.80 bits per heavy atom. The van der Waals surface area contributed by atoms with Crippen molar-refractivity contribution < 1.29 is 4.74 Å². The van der Waals surface area contributed by atoms with E-state index in [0.717, 1.165) is 42.1 Å². The number of rotatable bonds is 7. The fourth-order valence-electron chi connectivity index (χ4n) is 9.03. The second-order valence-corrected chi connectivity index (χ2v) is 12.6. The van der Waals surface area contributed by atoms with Gasteiger partial charge in [-0.25, -0.2) is 0 Å². The Kier molecular flexibility index (Phi) is 6.80. The van der Waals surface area contributed by atoms with Crippen LogP contribution in [0.25, 0.3) is 0 Å². The predicted octanol–water partition coefficient (Wildman–Crippen LogP) is 8.43. The highest BCUT2D eigenvalue weighted by Gasteiger charge is 2.59. The van der Waals surface area contributed by atoms with E-state index in [1.807, 2.05) is 0 Å². The molecule has 0 saturated heterocycles. The van der Waals surface area contributed by atoms with Crippen molar-refractivity contribution in [1.82, 2.24) is 0 Å². The van der Waals surface area contributed by atoms with Crippen molar-refractivity contribution in [3.05, 3.63) is 11.6 Å². The molecule has 0 spiro atoms. The number of fused-ring (bicyclic) bond motifs is 5. The zero-order chi connectivity index (χ0) is 21.5. The van der Waals surface area contributed by atoms with Gasteiger partial charge in [0.2, 0.25) is 0 Å². The third-order valence-electron chi connectivity index (χ3n) is 10.7. The number of ether oxygens (including phenoxy) is 1. The molecule has 0 aromatic carbocycles. The largest absolute Gasteiger partial charge is 0.378 e. The van der Waals surface area contributed by atoms with E-state index in [-0.39, 0.29) is 0 Å². The van der Waals surface area contributed by atoms with Gasteiger partial charge in [-0.2, -0.15) is 0 Å². The molecular formula is C29H50O. The van der Waals surface area contributed by atoms with E-state index in [4.69, 9.17) is 4.74 Å². The summed E-state index contributed by atoms with van der Waals surface area (Å²) in [5.74, 6) is 5.63. The molecule has 0 aromatic rings. The fourth-order valence-corrected chi connectivity index (χ4v) is 9.03. The summed E-state index contributed by atoms with van der Waals surface area (Å²) in [6.07, 6.45) is 18.7. The normalized spacial score (nSPS) is 44.2. The molecule has 0 unspecified atom stereocenters. The maximum Gasteiger partial charge on any atom is 0.0612 e. The minimum Gasteiger partial charge on any atom is -0.378 e.